The average Bonchev–Trinajstić information content (AvgIpc) is 3.37. The van der Waals surface area contributed by atoms with E-state index in [-0.39, 0.29) is 6.04 Å². The molecule has 1 fully saturated rings. The van der Waals surface area contributed by atoms with Gasteiger partial charge in [-0.2, -0.15) is 0 Å². The molecule has 7 N–H and O–H groups in total. The van der Waals surface area contributed by atoms with Gasteiger partial charge in [-0.3, -0.25) is 9.59 Å². The van der Waals surface area contributed by atoms with Crippen LogP contribution in [0.3, 0.4) is 0 Å². The zero-order valence-electron chi connectivity index (χ0n) is 19.7. The quantitative estimate of drug-likeness (QED) is 0.428. The molecule has 0 unspecified atom stereocenters. The summed E-state index contributed by atoms with van der Waals surface area (Å²) in [5, 5.41) is 15.3. The summed E-state index contributed by atoms with van der Waals surface area (Å²) in [4.78, 5) is 24.0. The molecular weight excluding hydrogens is 442 g/mol. The van der Waals surface area contributed by atoms with Crippen LogP contribution in [0.4, 0.5) is 0 Å². The third-order valence-electron chi connectivity index (χ3n) is 7.91. The average molecular weight is 474 g/mol. The van der Waals surface area contributed by atoms with Crippen LogP contribution in [0.15, 0.2) is 36.4 Å². The normalized spacial score (nSPS) is 18.2. The second-order valence-corrected chi connectivity index (χ2v) is 9.89. The largest absolute Gasteiger partial charge is 0.366 e. The van der Waals surface area contributed by atoms with Crippen molar-refractivity contribution in [2.24, 2.45) is 23.1 Å². The first kappa shape index (κ1) is 23.2. The van der Waals surface area contributed by atoms with E-state index in [4.69, 9.17) is 17.2 Å². The lowest BCUT2D eigenvalue weighted by atomic mass is 9.65. The molecule has 1 atom stereocenters. The van der Waals surface area contributed by atoms with Crippen molar-refractivity contribution in [1.82, 2.24) is 20.6 Å². The summed E-state index contributed by atoms with van der Waals surface area (Å²) in [6.07, 6.45) is 7.73. The van der Waals surface area contributed by atoms with Crippen LogP contribution in [-0.4, -0.2) is 38.5 Å². The van der Waals surface area contributed by atoms with Gasteiger partial charge in [0, 0.05) is 17.2 Å². The van der Waals surface area contributed by atoms with Crippen LogP contribution in [0.1, 0.15) is 87.3 Å². The summed E-state index contributed by atoms with van der Waals surface area (Å²) in [6.45, 7) is 0. The number of amides is 2. The highest BCUT2D eigenvalue weighted by Gasteiger charge is 2.46. The summed E-state index contributed by atoms with van der Waals surface area (Å²) in [5.41, 5.74) is 22.3. The zero-order chi connectivity index (χ0) is 24.6. The van der Waals surface area contributed by atoms with E-state index < -0.39 is 17.2 Å². The Bertz CT molecular complexity index is 1180. The van der Waals surface area contributed by atoms with Crippen LogP contribution in [-0.2, 0) is 18.3 Å². The number of hydrogen-bond donors (Lipinski definition) is 4. The van der Waals surface area contributed by atoms with Crippen molar-refractivity contribution < 1.29 is 9.59 Å². The van der Waals surface area contributed by atoms with Gasteiger partial charge in [0.2, 0.25) is 11.8 Å². The van der Waals surface area contributed by atoms with E-state index in [2.05, 4.69) is 20.6 Å². The summed E-state index contributed by atoms with van der Waals surface area (Å²) in [5.74, 6) is 0.0427. The van der Waals surface area contributed by atoms with Crippen molar-refractivity contribution in [2.45, 2.75) is 62.8 Å². The van der Waals surface area contributed by atoms with Crippen molar-refractivity contribution in [3.8, 4) is 0 Å². The first-order valence-corrected chi connectivity index (χ1v) is 12.3. The number of tetrazole rings is 1. The van der Waals surface area contributed by atoms with Gasteiger partial charge in [0.05, 0.1) is 5.41 Å². The molecule has 35 heavy (non-hydrogen) atoms. The van der Waals surface area contributed by atoms with E-state index in [0.717, 1.165) is 35.1 Å². The summed E-state index contributed by atoms with van der Waals surface area (Å²) in [6, 6.07) is 11.1. The highest BCUT2D eigenvalue weighted by atomic mass is 16.1. The molecule has 0 bridgehead atoms. The Labute approximate surface area is 203 Å². The molecule has 2 aliphatic carbocycles. The smallest absolute Gasteiger partial charge is 0.248 e. The zero-order valence-corrected chi connectivity index (χ0v) is 19.7. The predicted molar refractivity (Wildman–Crippen MR) is 131 cm³/mol. The number of benzene rings is 2. The van der Waals surface area contributed by atoms with E-state index in [1.54, 1.807) is 12.1 Å². The number of carbonyl (C=O) groups is 2. The number of H-pyrrole nitrogens is 1. The fourth-order valence-electron chi connectivity index (χ4n) is 6.15. The summed E-state index contributed by atoms with van der Waals surface area (Å²) >= 11 is 0. The molecule has 1 saturated carbocycles. The van der Waals surface area contributed by atoms with E-state index in [0.29, 0.717) is 42.1 Å². The van der Waals surface area contributed by atoms with Gasteiger partial charge in [-0.1, -0.05) is 31.4 Å². The third kappa shape index (κ3) is 4.10. The SMILES string of the molecule is NC(=O)c1ccc2c(c1)CCc1cc(C(N)=O)ccc1C2(C[C@H](N)C1CCCCC1)c1nnn[nH]1. The molecule has 0 saturated heterocycles. The number of primary amides is 2. The fraction of sp³-hybridized carbons (Fsp3) is 0.423. The molecule has 1 aromatic heterocycles. The number of nitrogens with two attached hydrogens (primary N) is 3. The van der Waals surface area contributed by atoms with Gasteiger partial charge >= 0.3 is 0 Å². The molecule has 0 radical (unpaired) electrons. The van der Waals surface area contributed by atoms with Crippen LogP contribution < -0.4 is 17.2 Å². The number of aromatic amines is 1. The Morgan fingerprint density at radius 2 is 1.51 bits per heavy atom. The number of nitrogens with zero attached hydrogens (tertiary/aromatic N) is 3. The minimum atomic E-state index is -0.784. The van der Waals surface area contributed by atoms with Gasteiger partial charge in [-0.05, 0) is 95.0 Å². The van der Waals surface area contributed by atoms with Crippen LogP contribution in [0.5, 0.6) is 0 Å². The Hall–Kier alpha value is -3.59. The van der Waals surface area contributed by atoms with Crippen molar-refractivity contribution in [3.05, 3.63) is 75.6 Å². The second kappa shape index (κ2) is 9.22. The lowest BCUT2D eigenvalue weighted by Gasteiger charge is -2.39. The van der Waals surface area contributed by atoms with Crippen LogP contribution in [0.25, 0.3) is 0 Å². The monoisotopic (exact) mass is 473 g/mol. The van der Waals surface area contributed by atoms with Gasteiger partial charge in [0.1, 0.15) is 0 Å². The van der Waals surface area contributed by atoms with Gasteiger partial charge < -0.3 is 17.2 Å². The van der Waals surface area contributed by atoms with Crippen LogP contribution in [0, 0.1) is 5.92 Å². The highest BCUT2D eigenvalue weighted by molar-refractivity contribution is 5.94. The van der Waals surface area contributed by atoms with Crippen LogP contribution in [0.2, 0.25) is 0 Å². The minimum Gasteiger partial charge on any atom is -0.366 e. The number of aryl methyl sites for hydroxylation is 2. The number of hydrogen-bond acceptors (Lipinski definition) is 6. The van der Waals surface area contributed by atoms with Crippen molar-refractivity contribution >= 4 is 11.8 Å². The maximum absolute atomic E-state index is 12.0. The number of rotatable bonds is 6. The fourth-order valence-corrected chi connectivity index (χ4v) is 6.15. The van der Waals surface area contributed by atoms with E-state index >= 15 is 0 Å². The number of fused-ring (bicyclic) bond motifs is 2. The Morgan fingerprint density at radius 1 is 0.943 bits per heavy atom. The molecular formula is C26H31N7O2. The Balaban J connectivity index is 1.75. The van der Waals surface area contributed by atoms with Gasteiger partial charge in [0.25, 0.3) is 0 Å². The summed E-state index contributed by atoms with van der Waals surface area (Å²) < 4.78 is 0. The van der Waals surface area contributed by atoms with E-state index in [1.807, 2.05) is 24.3 Å². The molecule has 2 aromatic carbocycles. The Morgan fingerprint density at radius 3 is 2.00 bits per heavy atom. The van der Waals surface area contributed by atoms with Gasteiger partial charge in [-0.25, -0.2) is 5.10 Å². The maximum atomic E-state index is 12.0. The molecule has 3 aromatic rings. The molecule has 0 spiro atoms. The maximum Gasteiger partial charge on any atom is 0.248 e. The van der Waals surface area contributed by atoms with Crippen molar-refractivity contribution in [1.29, 1.82) is 0 Å². The topological polar surface area (TPSA) is 167 Å². The minimum absolute atomic E-state index is 0.0918. The summed E-state index contributed by atoms with van der Waals surface area (Å²) in [7, 11) is 0. The molecule has 9 nitrogen and oxygen atoms in total. The van der Waals surface area contributed by atoms with E-state index in [9.17, 15) is 9.59 Å². The first-order chi connectivity index (χ1) is 16.9. The molecule has 182 valence electrons. The molecule has 2 aliphatic rings. The highest BCUT2D eigenvalue weighted by Crippen LogP contribution is 2.48. The number of aromatic nitrogens is 4. The van der Waals surface area contributed by atoms with Gasteiger partial charge in [-0.15, -0.1) is 5.10 Å². The second-order valence-electron chi connectivity index (χ2n) is 9.89. The molecule has 9 heteroatoms. The van der Waals surface area contributed by atoms with Crippen molar-refractivity contribution in [3.63, 3.8) is 0 Å². The molecule has 1 heterocycles. The Kier molecular flexibility index (Phi) is 6.10. The molecule has 2 amide bonds. The molecule has 5 rings (SSSR count). The lowest BCUT2D eigenvalue weighted by molar-refractivity contribution is 0.0991. The molecule has 0 aliphatic heterocycles. The van der Waals surface area contributed by atoms with E-state index in [1.165, 1.54) is 19.3 Å². The number of nitrogens with one attached hydrogen (secondary N) is 1. The number of carbonyl (C=O) groups excluding carboxylic acids is 2. The predicted octanol–water partition coefficient (Wildman–Crippen LogP) is 2.13. The lowest BCUT2D eigenvalue weighted by Crippen LogP contribution is -2.43. The first-order valence-electron chi connectivity index (χ1n) is 12.3. The van der Waals surface area contributed by atoms with Gasteiger partial charge in [0.15, 0.2) is 5.82 Å². The standard InChI is InChI=1S/C26H31N7O2/c27-22(15-4-2-1-3-5-15)14-26(25-30-32-33-31-25)20-10-8-18(23(28)34)12-16(20)6-7-17-13-19(24(29)35)9-11-21(17)26/h8-13,15,22H,1-7,14,27H2,(H2,28,34)(H2,29,35)(H,30,31,32,33)/t22-/m0/s1. The van der Waals surface area contributed by atoms with Crippen molar-refractivity contribution in [2.75, 3.05) is 0 Å². The third-order valence-corrected chi connectivity index (χ3v) is 7.91. The van der Waals surface area contributed by atoms with Crippen LogP contribution >= 0.6 is 0 Å².